The van der Waals surface area contributed by atoms with Crippen LogP contribution in [0, 0.1) is 5.41 Å². The van der Waals surface area contributed by atoms with Gasteiger partial charge in [0.05, 0.1) is 0 Å². The SMILES string of the molecule is N=C(NC(N)=O)Nc1cc(Cl)cc(Cl)c1. The standard InChI is InChI=1S/C8H8Cl2N4O/c9-4-1-5(10)3-6(2-4)13-7(11)14-8(12)15/h1-3H,(H5,11,12,13,14,15). The van der Waals surface area contributed by atoms with Crippen LogP contribution in [-0.2, 0) is 0 Å². The highest BCUT2D eigenvalue weighted by Crippen LogP contribution is 2.22. The van der Waals surface area contributed by atoms with E-state index in [0.717, 1.165) is 0 Å². The highest BCUT2D eigenvalue weighted by Gasteiger charge is 2.02. The molecule has 0 aliphatic carbocycles. The number of carbonyl (C=O) groups is 1. The maximum atomic E-state index is 10.4. The molecule has 0 spiro atoms. The third kappa shape index (κ3) is 4.05. The minimum atomic E-state index is -0.819. The quantitative estimate of drug-likeness (QED) is 0.451. The van der Waals surface area contributed by atoms with Gasteiger partial charge in [0, 0.05) is 15.7 Å². The van der Waals surface area contributed by atoms with Crippen LogP contribution in [0.3, 0.4) is 0 Å². The van der Waals surface area contributed by atoms with Crippen LogP contribution in [0.25, 0.3) is 0 Å². The fraction of sp³-hybridized carbons (Fsp3) is 0. The van der Waals surface area contributed by atoms with Crippen LogP contribution in [0.2, 0.25) is 10.0 Å². The smallest absolute Gasteiger partial charge is 0.318 e. The van der Waals surface area contributed by atoms with Crippen LogP contribution < -0.4 is 16.4 Å². The van der Waals surface area contributed by atoms with Crippen molar-refractivity contribution < 1.29 is 4.79 Å². The summed E-state index contributed by atoms with van der Waals surface area (Å²) >= 11 is 11.5. The molecule has 2 amide bonds. The number of halogens is 2. The van der Waals surface area contributed by atoms with Crippen molar-refractivity contribution in [3.8, 4) is 0 Å². The molecule has 0 aliphatic rings. The van der Waals surface area contributed by atoms with E-state index in [9.17, 15) is 4.79 Å². The topological polar surface area (TPSA) is 91.0 Å². The summed E-state index contributed by atoms with van der Waals surface area (Å²) in [6, 6.07) is 3.86. The molecule has 0 radical (unpaired) electrons. The van der Waals surface area contributed by atoms with Gasteiger partial charge < -0.3 is 11.1 Å². The summed E-state index contributed by atoms with van der Waals surface area (Å²) in [7, 11) is 0. The molecule has 0 bridgehead atoms. The first-order chi connectivity index (χ1) is 6.97. The minimum Gasteiger partial charge on any atom is -0.351 e. The molecule has 1 rings (SSSR count). The Morgan fingerprint density at radius 3 is 2.27 bits per heavy atom. The predicted molar refractivity (Wildman–Crippen MR) is 60.5 cm³/mol. The van der Waals surface area contributed by atoms with Gasteiger partial charge in [0.2, 0.25) is 5.96 Å². The highest BCUT2D eigenvalue weighted by atomic mass is 35.5. The van der Waals surface area contributed by atoms with Gasteiger partial charge in [-0.05, 0) is 18.2 Å². The van der Waals surface area contributed by atoms with Crippen molar-refractivity contribution >= 4 is 40.9 Å². The van der Waals surface area contributed by atoms with Gasteiger partial charge in [0.1, 0.15) is 0 Å². The lowest BCUT2D eigenvalue weighted by Gasteiger charge is -2.08. The van der Waals surface area contributed by atoms with E-state index in [0.29, 0.717) is 15.7 Å². The van der Waals surface area contributed by atoms with Crippen LogP contribution in [0.1, 0.15) is 0 Å². The molecular weight excluding hydrogens is 239 g/mol. The van der Waals surface area contributed by atoms with Crippen molar-refractivity contribution in [3.05, 3.63) is 28.2 Å². The van der Waals surface area contributed by atoms with E-state index in [1.165, 1.54) is 0 Å². The number of nitrogens with two attached hydrogens (primary N) is 1. The Morgan fingerprint density at radius 1 is 1.27 bits per heavy atom. The average molecular weight is 247 g/mol. The highest BCUT2D eigenvalue weighted by molar-refractivity contribution is 6.35. The molecule has 7 heteroatoms. The van der Waals surface area contributed by atoms with Crippen molar-refractivity contribution in [3.63, 3.8) is 0 Å². The zero-order valence-electron chi connectivity index (χ0n) is 7.47. The van der Waals surface area contributed by atoms with E-state index >= 15 is 0 Å². The van der Waals surface area contributed by atoms with E-state index in [2.05, 4.69) is 10.6 Å². The van der Waals surface area contributed by atoms with Crippen molar-refractivity contribution in [2.75, 3.05) is 5.32 Å². The average Bonchev–Trinajstić information content (AvgIpc) is 1.98. The maximum Gasteiger partial charge on any atom is 0.318 e. The van der Waals surface area contributed by atoms with E-state index in [1.807, 2.05) is 0 Å². The first-order valence-corrected chi connectivity index (χ1v) is 4.61. The number of hydrogen-bond acceptors (Lipinski definition) is 2. The molecule has 0 aromatic heterocycles. The second-order valence-corrected chi connectivity index (χ2v) is 3.52. The number of rotatable bonds is 1. The lowest BCUT2D eigenvalue weighted by atomic mass is 10.3. The summed E-state index contributed by atoms with van der Waals surface area (Å²) in [5.74, 6) is -0.249. The maximum absolute atomic E-state index is 10.4. The van der Waals surface area contributed by atoms with Gasteiger partial charge in [-0.2, -0.15) is 0 Å². The lowest BCUT2D eigenvalue weighted by molar-refractivity contribution is 0.253. The Balaban J connectivity index is 2.72. The zero-order valence-corrected chi connectivity index (χ0v) is 8.99. The Kier molecular flexibility index (Phi) is 3.76. The molecule has 0 saturated heterocycles. The second-order valence-electron chi connectivity index (χ2n) is 2.65. The summed E-state index contributed by atoms with van der Waals surface area (Å²) < 4.78 is 0. The van der Waals surface area contributed by atoms with Crippen LogP contribution in [0.15, 0.2) is 18.2 Å². The third-order valence-corrected chi connectivity index (χ3v) is 1.82. The summed E-state index contributed by atoms with van der Waals surface area (Å²) in [5.41, 5.74) is 5.32. The predicted octanol–water partition coefficient (Wildman–Crippen LogP) is 2.01. The van der Waals surface area contributed by atoms with Crippen molar-refractivity contribution in [1.29, 1.82) is 5.41 Å². The van der Waals surface area contributed by atoms with Crippen LogP contribution in [-0.4, -0.2) is 12.0 Å². The summed E-state index contributed by atoms with van der Waals surface area (Å²) in [6.07, 6.45) is 0. The number of nitrogens with one attached hydrogen (secondary N) is 3. The first-order valence-electron chi connectivity index (χ1n) is 3.85. The molecular formula is C8H8Cl2N4O. The number of benzene rings is 1. The number of anilines is 1. The van der Waals surface area contributed by atoms with Gasteiger partial charge in [-0.3, -0.25) is 10.7 Å². The Labute approximate surface area is 96.1 Å². The normalized spacial score (nSPS) is 9.47. The molecule has 1 aromatic carbocycles. The summed E-state index contributed by atoms with van der Waals surface area (Å²) in [5, 5.41) is 12.8. The molecule has 5 nitrogen and oxygen atoms in total. The van der Waals surface area contributed by atoms with Gasteiger partial charge >= 0.3 is 6.03 Å². The fourth-order valence-electron chi connectivity index (χ4n) is 0.925. The molecule has 0 fully saturated rings. The van der Waals surface area contributed by atoms with Gasteiger partial charge in [-0.25, -0.2) is 4.79 Å². The molecule has 15 heavy (non-hydrogen) atoms. The molecule has 0 atom stereocenters. The number of carbonyl (C=O) groups excluding carboxylic acids is 1. The van der Waals surface area contributed by atoms with Crippen LogP contribution in [0.5, 0.6) is 0 Å². The van der Waals surface area contributed by atoms with Crippen LogP contribution in [0.4, 0.5) is 10.5 Å². The monoisotopic (exact) mass is 246 g/mol. The number of primary amides is 1. The molecule has 0 aliphatic heterocycles. The zero-order chi connectivity index (χ0) is 11.4. The molecule has 80 valence electrons. The largest absolute Gasteiger partial charge is 0.351 e. The molecule has 0 saturated carbocycles. The van der Waals surface area contributed by atoms with Crippen molar-refractivity contribution in [2.24, 2.45) is 5.73 Å². The number of guanidine groups is 1. The Bertz CT molecular complexity index is 387. The van der Waals surface area contributed by atoms with E-state index < -0.39 is 6.03 Å². The van der Waals surface area contributed by atoms with Gasteiger partial charge in [-0.15, -0.1) is 0 Å². The molecule has 1 aromatic rings. The Hall–Kier alpha value is -1.46. The number of hydrogen-bond donors (Lipinski definition) is 4. The first kappa shape index (κ1) is 11.6. The van der Waals surface area contributed by atoms with Crippen molar-refractivity contribution in [2.45, 2.75) is 0 Å². The fourth-order valence-corrected chi connectivity index (χ4v) is 1.45. The van der Waals surface area contributed by atoms with Gasteiger partial charge in [-0.1, -0.05) is 23.2 Å². The lowest BCUT2D eigenvalue weighted by Crippen LogP contribution is -2.38. The minimum absolute atomic E-state index is 0.249. The van der Waals surface area contributed by atoms with Crippen LogP contribution >= 0.6 is 23.2 Å². The number of amides is 2. The molecule has 0 heterocycles. The van der Waals surface area contributed by atoms with E-state index in [-0.39, 0.29) is 5.96 Å². The summed E-state index contributed by atoms with van der Waals surface area (Å²) in [6.45, 7) is 0. The van der Waals surface area contributed by atoms with Gasteiger partial charge in [0.25, 0.3) is 0 Å². The second kappa shape index (κ2) is 4.86. The number of urea groups is 1. The summed E-state index contributed by atoms with van der Waals surface area (Å²) in [4.78, 5) is 10.4. The molecule has 5 N–H and O–H groups in total. The molecule has 0 unspecified atom stereocenters. The Morgan fingerprint density at radius 2 is 1.80 bits per heavy atom. The van der Waals surface area contributed by atoms with E-state index in [4.69, 9.17) is 34.3 Å². The third-order valence-electron chi connectivity index (χ3n) is 1.38. The van der Waals surface area contributed by atoms with E-state index in [1.54, 1.807) is 18.2 Å². The van der Waals surface area contributed by atoms with Crippen molar-refractivity contribution in [1.82, 2.24) is 5.32 Å². The van der Waals surface area contributed by atoms with Gasteiger partial charge in [0.15, 0.2) is 0 Å².